The minimum Gasteiger partial charge on any atom is -0.457 e. The number of hydrogen-bond acceptors (Lipinski definition) is 2. The molecule has 0 spiro atoms. The van der Waals surface area contributed by atoms with Crippen LogP contribution in [0.3, 0.4) is 0 Å². The van der Waals surface area contributed by atoms with Crippen LogP contribution >= 0.6 is 0 Å². The molecule has 2 heteroatoms. The smallest absolute Gasteiger partial charge is 0.132 e. The van der Waals surface area contributed by atoms with Crippen molar-refractivity contribution in [1.29, 1.82) is 0 Å². The van der Waals surface area contributed by atoms with Crippen LogP contribution < -0.4 is 10.1 Å². The molecule has 0 saturated carbocycles. The Bertz CT molecular complexity index is 592. The molecule has 2 nitrogen and oxygen atoms in total. The maximum Gasteiger partial charge on any atom is 0.132 e. The largest absolute Gasteiger partial charge is 0.457 e. The molecule has 0 aromatic heterocycles. The molecule has 0 bridgehead atoms. The molecule has 0 radical (unpaired) electrons. The number of aryl methyl sites for hydroxylation is 2. The molecule has 0 fully saturated rings. The SMILES string of the molecule is CCNC(CC)c1ccccc1Oc1ccc(C)cc1C. The summed E-state index contributed by atoms with van der Waals surface area (Å²) >= 11 is 0. The predicted molar refractivity (Wildman–Crippen MR) is 89.1 cm³/mol. The van der Waals surface area contributed by atoms with Gasteiger partial charge in [-0.1, -0.05) is 49.7 Å². The fraction of sp³-hybridized carbons (Fsp3) is 0.368. The fourth-order valence-corrected chi connectivity index (χ4v) is 2.61. The molecule has 0 aliphatic heterocycles. The van der Waals surface area contributed by atoms with Crippen molar-refractivity contribution < 1.29 is 4.74 Å². The van der Waals surface area contributed by atoms with Crippen LogP contribution in [0.1, 0.15) is 43.0 Å². The van der Waals surface area contributed by atoms with Crippen LogP contribution in [0, 0.1) is 13.8 Å². The van der Waals surface area contributed by atoms with Gasteiger partial charge in [-0.3, -0.25) is 0 Å². The maximum absolute atomic E-state index is 6.18. The summed E-state index contributed by atoms with van der Waals surface area (Å²) in [5.41, 5.74) is 3.65. The number of para-hydroxylation sites is 1. The van der Waals surface area contributed by atoms with Crippen LogP contribution in [0.15, 0.2) is 42.5 Å². The van der Waals surface area contributed by atoms with Crippen molar-refractivity contribution in [2.24, 2.45) is 0 Å². The molecule has 2 aromatic carbocycles. The lowest BCUT2D eigenvalue weighted by atomic mass is 10.0. The fourth-order valence-electron chi connectivity index (χ4n) is 2.61. The number of hydrogen-bond donors (Lipinski definition) is 1. The highest BCUT2D eigenvalue weighted by Crippen LogP contribution is 2.32. The average molecular weight is 283 g/mol. The first-order chi connectivity index (χ1) is 10.2. The third-order valence-electron chi connectivity index (χ3n) is 3.70. The zero-order valence-corrected chi connectivity index (χ0v) is 13.4. The summed E-state index contributed by atoms with van der Waals surface area (Å²) in [4.78, 5) is 0. The number of benzene rings is 2. The first-order valence-electron chi connectivity index (χ1n) is 7.73. The lowest BCUT2D eigenvalue weighted by Crippen LogP contribution is -2.20. The summed E-state index contributed by atoms with van der Waals surface area (Å²) in [6.07, 6.45) is 1.04. The number of ether oxygens (including phenoxy) is 1. The predicted octanol–water partition coefficient (Wildman–Crippen LogP) is 5.16. The highest BCUT2D eigenvalue weighted by atomic mass is 16.5. The van der Waals surface area contributed by atoms with Crippen molar-refractivity contribution in [2.45, 2.75) is 40.2 Å². The molecule has 0 amide bonds. The molecule has 0 saturated heterocycles. The summed E-state index contributed by atoms with van der Waals surface area (Å²) in [7, 11) is 0. The van der Waals surface area contributed by atoms with Gasteiger partial charge in [0.2, 0.25) is 0 Å². The van der Waals surface area contributed by atoms with Gasteiger partial charge in [-0.2, -0.15) is 0 Å². The second kappa shape index (κ2) is 7.28. The second-order valence-electron chi connectivity index (χ2n) is 5.43. The first-order valence-corrected chi connectivity index (χ1v) is 7.73. The third kappa shape index (κ3) is 3.85. The van der Waals surface area contributed by atoms with Crippen molar-refractivity contribution in [3.05, 3.63) is 59.2 Å². The Morgan fingerprint density at radius 1 is 1.00 bits per heavy atom. The quantitative estimate of drug-likeness (QED) is 0.791. The minimum absolute atomic E-state index is 0.331. The van der Waals surface area contributed by atoms with E-state index in [1.165, 1.54) is 16.7 Å². The Hall–Kier alpha value is -1.80. The summed E-state index contributed by atoms with van der Waals surface area (Å²) in [5.74, 6) is 1.87. The van der Waals surface area contributed by atoms with E-state index in [4.69, 9.17) is 4.74 Å². The molecular weight excluding hydrogens is 258 g/mol. The van der Waals surface area contributed by atoms with Crippen LogP contribution in [-0.2, 0) is 0 Å². The average Bonchev–Trinajstić information content (AvgIpc) is 2.48. The normalized spacial score (nSPS) is 12.2. The van der Waals surface area contributed by atoms with Gasteiger partial charge in [-0.25, -0.2) is 0 Å². The van der Waals surface area contributed by atoms with Crippen LogP contribution in [0.4, 0.5) is 0 Å². The van der Waals surface area contributed by atoms with Crippen LogP contribution in [0.5, 0.6) is 11.5 Å². The van der Waals surface area contributed by atoms with Crippen molar-refractivity contribution in [3.8, 4) is 11.5 Å². The zero-order chi connectivity index (χ0) is 15.2. The van der Waals surface area contributed by atoms with E-state index in [-0.39, 0.29) is 0 Å². The minimum atomic E-state index is 0.331. The summed E-state index contributed by atoms with van der Waals surface area (Å²) in [6, 6.07) is 14.9. The molecule has 0 aliphatic rings. The van der Waals surface area contributed by atoms with Crippen molar-refractivity contribution in [3.63, 3.8) is 0 Å². The Kier molecular flexibility index (Phi) is 5.40. The monoisotopic (exact) mass is 283 g/mol. The molecule has 0 aliphatic carbocycles. The highest BCUT2D eigenvalue weighted by Gasteiger charge is 2.14. The van der Waals surface area contributed by atoms with Crippen molar-refractivity contribution in [2.75, 3.05) is 6.54 Å². The van der Waals surface area contributed by atoms with Crippen molar-refractivity contribution in [1.82, 2.24) is 5.32 Å². The van der Waals surface area contributed by atoms with Crippen LogP contribution in [0.2, 0.25) is 0 Å². The van der Waals surface area contributed by atoms with Gasteiger partial charge >= 0.3 is 0 Å². The molecule has 1 atom stereocenters. The molecule has 1 N–H and O–H groups in total. The van der Waals surface area contributed by atoms with Gasteiger partial charge < -0.3 is 10.1 Å². The Morgan fingerprint density at radius 2 is 1.76 bits per heavy atom. The number of nitrogens with one attached hydrogen (secondary N) is 1. The van der Waals surface area contributed by atoms with Gasteiger partial charge in [-0.05, 0) is 44.5 Å². The van der Waals surface area contributed by atoms with Gasteiger partial charge in [0, 0.05) is 11.6 Å². The Labute approximate surface area is 128 Å². The summed E-state index contributed by atoms with van der Waals surface area (Å²) < 4.78 is 6.18. The van der Waals surface area contributed by atoms with Crippen LogP contribution in [0.25, 0.3) is 0 Å². The number of rotatable bonds is 6. The molecular formula is C19H25NO. The first kappa shape index (κ1) is 15.6. The van der Waals surface area contributed by atoms with E-state index < -0.39 is 0 Å². The lowest BCUT2D eigenvalue weighted by molar-refractivity contribution is 0.450. The van der Waals surface area contributed by atoms with E-state index in [1.54, 1.807) is 0 Å². The van der Waals surface area contributed by atoms with Gasteiger partial charge in [0.05, 0.1) is 0 Å². The third-order valence-corrected chi connectivity index (χ3v) is 3.70. The standard InChI is InChI=1S/C19H25NO/c1-5-17(20-6-2)16-9-7-8-10-19(16)21-18-12-11-14(3)13-15(18)4/h7-13,17,20H,5-6H2,1-4H3. The Morgan fingerprint density at radius 3 is 2.43 bits per heavy atom. The van der Waals surface area contributed by atoms with Crippen molar-refractivity contribution >= 4 is 0 Å². The summed E-state index contributed by atoms with van der Waals surface area (Å²) in [6.45, 7) is 9.48. The van der Waals surface area contributed by atoms with E-state index in [0.29, 0.717) is 6.04 Å². The lowest BCUT2D eigenvalue weighted by Gasteiger charge is -2.20. The molecule has 2 aromatic rings. The molecule has 0 heterocycles. The molecule has 21 heavy (non-hydrogen) atoms. The zero-order valence-electron chi connectivity index (χ0n) is 13.4. The van der Waals surface area contributed by atoms with E-state index >= 15 is 0 Å². The van der Waals surface area contributed by atoms with E-state index in [1.807, 2.05) is 6.07 Å². The maximum atomic E-state index is 6.18. The van der Waals surface area contributed by atoms with Gasteiger partial charge in [-0.15, -0.1) is 0 Å². The van der Waals surface area contributed by atoms with E-state index in [2.05, 4.69) is 69.4 Å². The molecule has 2 rings (SSSR count). The van der Waals surface area contributed by atoms with Gasteiger partial charge in [0.15, 0.2) is 0 Å². The van der Waals surface area contributed by atoms with E-state index in [0.717, 1.165) is 24.5 Å². The Balaban J connectivity index is 2.31. The van der Waals surface area contributed by atoms with Gasteiger partial charge in [0.1, 0.15) is 11.5 Å². The van der Waals surface area contributed by atoms with Gasteiger partial charge in [0.25, 0.3) is 0 Å². The summed E-state index contributed by atoms with van der Waals surface area (Å²) in [5, 5.41) is 3.52. The molecule has 112 valence electrons. The second-order valence-corrected chi connectivity index (χ2v) is 5.43. The highest BCUT2D eigenvalue weighted by molar-refractivity contribution is 5.43. The molecule has 1 unspecified atom stereocenters. The topological polar surface area (TPSA) is 21.3 Å². The van der Waals surface area contributed by atoms with E-state index in [9.17, 15) is 0 Å². The van der Waals surface area contributed by atoms with Crippen LogP contribution in [-0.4, -0.2) is 6.54 Å².